The Bertz CT molecular complexity index is 584. The molecule has 140 valence electrons. The highest BCUT2D eigenvalue weighted by Gasteiger charge is 2.32. The van der Waals surface area contributed by atoms with Crippen LogP contribution in [-0.2, 0) is 0 Å². The van der Waals surface area contributed by atoms with E-state index in [1.807, 2.05) is 7.05 Å². The van der Waals surface area contributed by atoms with E-state index in [9.17, 15) is 13.2 Å². The van der Waals surface area contributed by atoms with Crippen LogP contribution in [0.25, 0.3) is 6.08 Å². The number of nitrogen functional groups attached to an aromatic ring is 1. The van der Waals surface area contributed by atoms with Gasteiger partial charge in [-0.2, -0.15) is 0 Å². The highest BCUT2D eigenvalue weighted by Crippen LogP contribution is 2.36. The monoisotopic (exact) mass is 358 g/mol. The third-order valence-electron chi connectivity index (χ3n) is 4.25. The summed E-state index contributed by atoms with van der Waals surface area (Å²) in [5.41, 5.74) is 7.00. The fraction of sp³-hybridized carbons (Fsp3) is 0.529. The van der Waals surface area contributed by atoms with Crippen LogP contribution in [0.3, 0.4) is 0 Å². The van der Waals surface area contributed by atoms with Crippen LogP contribution in [0.15, 0.2) is 18.7 Å². The van der Waals surface area contributed by atoms with Gasteiger partial charge in [0.1, 0.15) is 0 Å². The summed E-state index contributed by atoms with van der Waals surface area (Å²) < 4.78 is 41.7. The van der Waals surface area contributed by atoms with Crippen LogP contribution in [0.1, 0.15) is 18.4 Å². The van der Waals surface area contributed by atoms with Crippen molar-refractivity contribution >= 4 is 17.5 Å². The largest absolute Gasteiger partial charge is 0.573 e. The van der Waals surface area contributed by atoms with Gasteiger partial charge in [0.15, 0.2) is 5.75 Å². The number of benzene rings is 1. The van der Waals surface area contributed by atoms with Crippen LogP contribution in [-0.4, -0.2) is 45.6 Å². The van der Waals surface area contributed by atoms with Gasteiger partial charge in [0.25, 0.3) is 0 Å². The number of halogens is 3. The number of alkyl halides is 3. The zero-order valence-corrected chi connectivity index (χ0v) is 14.3. The van der Waals surface area contributed by atoms with Gasteiger partial charge in [-0.1, -0.05) is 12.7 Å². The second-order valence-electron chi connectivity index (χ2n) is 6.02. The van der Waals surface area contributed by atoms with E-state index < -0.39 is 6.36 Å². The van der Waals surface area contributed by atoms with E-state index in [4.69, 9.17) is 5.73 Å². The zero-order chi connectivity index (χ0) is 18.4. The summed E-state index contributed by atoms with van der Waals surface area (Å²) in [5.74, 6) is -0.373. The molecule has 0 atom stereocenters. The molecule has 1 fully saturated rings. The lowest BCUT2D eigenvalue weighted by Gasteiger charge is -2.35. The van der Waals surface area contributed by atoms with E-state index in [-0.39, 0.29) is 11.4 Å². The fourth-order valence-corrected chi connectivity index (χ4v) is 2.98. The van der Waals surface area contributed by atoms with Crippen molar-refractivity contribution < 1.29 is 17.9 Å². The Morgan fingerprint density at radius 1 is 1.32 bits per heavy atom. The number of nitrogens with zero attached hydrogens (tertiary/aromatic N) is 1. The van der Waals surface area contributed by atoms with Gasteiger partial charge >= 0.3 is 6.36 Å². The molecule has 0 radical (unpaired) electrons. The number of anilines is 2. The number of ether oxygens (including phenoxy) is 1. The molecule has 0 saturated carbocycles. The normalized spacial score (nSPS) is 16.1. The molecule has 1 aliphatic heterocycles. The van der Waals surface area contributed by atoms with Crippen molar-refractivity contribution in [3.63, 3.8) is 0 Å². The van der Waals surface area contributed by atoms with Gasteiger partial charge in [-0.15, -0.1) is 13.2 Å². The molecule has 1 aromatic rings. The van der Waals surface area contributed by atoms with Crippen LogP contribution in [0.2, 0.25) is 0 Å². The van der Waals surface area contributed by atoms with Gasteiger partial charge in [0, 0.05) is 44.0 Å². The van der Waals surface area contributed by atoms with Gasteiger partial charge in [0.05, 0.1) is 5.69 Å². The Hall–Kier alpha value is -1.93. The Balaban J connectivity index is 2.10. The SMILES string of the molecule is C=Cc1cc(N)c(OC(F)(F)F)cc1N1CCC(NCCNC)CC1. The van der Waals surface area contributed by atoms with E-state index in [1.165, 1.54) is 12.1 Å². The summed E-state index contributed by atoms with van der Waals surface area (Å²) in [4.78, 5) is 2.05. The third kappa shape index (κ3) is 5.54. The van der Waals surface area contributed by atoms with Crippen LogP contribution < -0.4 is 26.0 Å². The number of rotatable bonds is 7. The Morgan fingerprint density at radius 3 is 2.56 bits per heavy atom. The van der Waals surface area contributed by atoms with E-state index >= 15 is 0 Å². The van der Waals surface area contributed by atoms with Crippen molar-refractivity contribution in [2.75, 3.05) is 43.9 Å². The van der Waals surface area contributed by atoms with Gasteiger partial charge < -0.3 is 26.0 Å². The van der Waals surface area contributed by atoms with Crippen molar-refractivity contribution in [3.05, 3.63) is 24.3 Å². The topological polar surface area (TPSA) is 62.6 Å². The molecule has 1 aromatic carbocycles. The van der Waals surface area contributed by atoms with E-state index in [2.05, 4.69) is 26.8 Å². The molecule has 1 saturated heterocycles. The molecule has 8 heteroatoms. The minimum absolute atomic E-state index is 0.0559. The second kappa shape index (κ2) is 8.44. The first-order valence-corrected chi connectivity index (χ1v) is 8.28. The smallest absolute Gasteiger partial charge is 0.404 e. The molecule has 0 aromatic heterocycles. The minimum atomic E-state index is -4.77. The lowest BCUT2D eigenvalue weighted by atomic mass is 10.0. The van der Waals surface area contributed by atoms with Crippen molar-refractivity contribution in [1.29, 1.82) is 0 Å². The second-order valence-corrected chi connectivity index (χ2v) is 6.02. The summed E-state index contributed by atoms with van der Waals surface area (Å²) in [6.07, 6.45) is -1.34. The van der Waals surface area contributed by atoms with Gasteiger partial charge in [0.2, 0.25) is 0 Å². The first kappa shape index (κ1) is 19.4. The maximum Gasteiger partial charge on any atom is 0.573 e. The Labute approximate surface area is 146 Å². The third-order valence-corrected chi connectivity index (χ3v) is 4.25. The average molecular weight is 358 g/mol. The van der Waals surface area contributed by atoms with Crippen LogP contribution in [0, 0.1) is 0 Å². The van der Waals surface area contributed by atoms with E-state index in [0.717, 1.165) is 39.0 Å². The van der Waals surface area contributed by atoms with Crippen molar-refractivity contribution in [2.45, 2.75) is 25.2 Å². The molecular formula is C17H25F3N4O. The average Bonchev–Trinajstić information content (AvgIpc) is 2.56. The van der Waals surface area contributed by atoms with Gasteiger partial charge in [-0.3, -0.25) is 0 Å². The molecule has 0 unspecified atom stereocenters. The number of piperidine rings is 1. The number of likely N-dealkylation sites (N-methyl/N-ethyl adjacent to an activating group) is 1. The molecule has 0 spiro atoms. The maximum absolute atomic E-state index is 12.6. The number of hydrogen-bond acceptors (Lipinski definition) is 5. The predicted octanol–water partition coefficient (Wildman–Crippen LogP) is 2.59. The minimum Gasteiger partial charge on any atom is -0.404 e. The quantitative estimate of drug-likeness (QED) is 0.517. The summed E-state index contributed by atoms with van der Waals surface area (Å²) >= 11 is 0. The lowest BCUT2D eigenvalue weighted by Crippen LogP contribution is -2.44. The first-order chi connectivity index (χ1) is 11.8. The molecule has 25 heavy (non-hydrogen) atoms. The lowest BCUT2D eigenvalue weighted by molar-refractivity contribution is -0.274. The number of hydrogen-bond donors (Lipinski definition) is 3. The molecule has 5 nitrogen and oxygen atoms in total. The van der Waals surface area contributed by atoms with Crippen LogP contribution in [0.4, 0.5) is 24.5 Å². The number of nitrogens with one attached hydrogen (secondary N) is 2. The summed E-state index contributed by atoms with van der Waals surface area (Å²) in [7, 11) is 1.91. The van der Waals surface area contributed by atoms with E-state index in [1.54, 1.807) is 6.08 Å². The van der Waals surface area contributed by atoms with Crippen molar-refractivity contribution in [2.24, 2.45) is 0 Å². The van der Waals surface area contributed by atoms with Crippen LogP contribution in [0.5, 0.6) is 5.75 Å². The molecule has 4 N–H and O–H groups in total. The molecule has 0 aliphatic carbocycles. The van der Waals surface area contributed by atoms with Gasteiger partial charge in [-0.05, 0) is 31.5 Å². The fourth-order valence-electron chi connectivity index (χ4n) is 2.98. The highest BCUT2D eigenvalue weighted by molar-refractivity contribution is 5.75. The number of nitrogens with two attached hydrogens (primary N) is 1. The Morgan fingerprint density at radius 2 is 2.00 bits per heavy atom. The first-order valence-electron chi connectivity index (χ1n) is 8.28. The van der Waals surface area contributed by atoms with Crippen molar-refractivity contribution in [1.82, 2.24) is 10.6 Å². The predicted molar refractivity (Wildman–Crippen MR) is 94.8 cm³/mol. The van der Waals surface area contributed by atoms with E-state index in [0.29, 0.717) is 17.3 Å². The standard InChI is InChI=1S/C17H25F3N4O/c1-3-12-10-14(21)16(25-17(18,19)20)11-15(12)24-8-4-13(5-9-24)23-7-6-22-2/h3,10-11,13,22-23H,1,4-9,21H2,2H3. The zero-order valence-electron chi connectivity index (χ0n) is 14.3. The molecular weight excluding hydrogens is 333 g/mol. The molecule has 1 aliphatic rings. The van der Waals surface area contributed by atoms with Crippen molar-refractivity contribution in [3.8, 4) is 5.75 Å². The molecule has 1 heterocycles. The summed E-state index contributed by atoms with van der Waals surface area (Å²) in [6, 6.07) is 3.24. The molecule has 2 rings (SSSR count). The summed E-state index contributed by atoms with van der Waals surface area (Å²) in [5, 5.41) is 6.56. The highest BCUT2D eigenvalue weighted by atomic mass is 19.4. The molecule has 0 bridgehead atoms. The Kier molecular flexibility index (Phi) is 6.55. The maximum atomic E-state index is 12.6. The van der Waals surface area contributed by atoms with Gasteiger partial charge in [-0.25, -0.2) is 0 Å². The summed E-state index contributed by atoms with van der Waals surface area (Å²) in [6.45, 7) is 7.01. The van der Waals surface area contributed by atoms with Crippen LogP contribution >= 0.6 is 0 Å². The molecule has 0 amide bonds.